The minimum absolute atomic E-state index is 0.378. The summed E-state index contributed by atoms with van der Waals surface area (Å²) >= 11 is 1.58. The molecule has 0 amide bonds. The van der Waals surface area contributed by atoms with Gasteiger partial charge in [-0.15, -0.1) is 11.3 Å². The van der Waals surface area contributed by atoms with Crippen LogP contribution in [0.1, 0.15) is 6.92 Å². The summed E-state index contributed by atoms with van der Waals surface area (Å²) in [7, 11) is 0. The second-order valence-electron chi connectivity index (χ2n) is 3.73. The summed E-state index contributed by atoms with van der Waals surface area (Å²) in [6.45, 7) is 1.36. The quantitative estimate of drug-likeness (QED) is 0.522. The van der Waals surface area contributed by atoms with Crippen molar-refractivity contribution in [1.29, 1.82) is 0 Å². The molecule has 0 aliphatic carbocycles. The second kappa shape index (κ2) is 4.27. The lowest BCUT2D eigenvalue weighted by atomic mass is 10.2. The standard InChI is InChI=1S/C13H9NO3S/c1-8(15)16-10-5-2-4-9-12(14-17-13(9)10)11-6-3-7-18-11/h2-7H,1H3. The minimum atomic E-state index is -0.378. The number of benzene rings is 1. The number of para-hydroxylation sites is 1. The summed E-state index contributed by atoms with van der Waals surface area (Å²) in [6, 6.07) is 9.33. The number of aromatic nitrogens is 1. The number of carbonyl (C=O) groups is 1. The number of esters is 1. The van der Waals surface area contributed by atoms with E-state index in [4.69, 9.17) is 9.26 Å². The summed E-state index contributed by atoms with van der Waals surface area (Å²) in [5.41, 5.74) is 1.27. The van der Waals surface area contributed by atoms with Gasteiger partial charge in [0, 0.05) is 6.92 Å². The summed E-state index contributed by atoms with van der Waals surface area (Å²) in [5.74, 6) is 0.0203. The van der Waals surface area contributed by atoms with Crippen LogP contribution in [0.3, 0.4) is 0 Å². The summed E-state index contributed by atoms with van der Waals surface area (Å²) in [6.07, 6.45) is 0. The fourth-order valence-electron chi connectivity index (χ4n) is 1.76. The number of fused-ring (bicyclic) bond motifs is 1. The minimum Gasteiger partial charge on any atom is -0.423 e. The van der Waals surface area contributed by atoms with Crippen molar-refractivity contribution in [2.45, 2.75) is 6.92 Å². The summed E-state index contributed by atoms with van der Waals surface area (Å²) in [4.78, 5) is 12.0. The Morgan fingerprint density at radius 3 is 2.94 bits per heavy atom. The molecule has 0 fully saturated rings. The first-order valence-electron chi connectivity index (χ1n) is 5.36. The maximum Gasteiger partial charge on any atom is 0.308 e. The zero-order valence-electron chi connectivity index (χ0n) is 9.54. The highest BCUT2D eigenvalue weighted by Crippen LogP contribution is 2.35. The first-order valence-corrected chi connectivity index (χ1v) is 6.24. The van der Waals surface area contributed by atoms with Gasteiger partial charge < -0.3 is 9.26 Å². The number of hydrogen-bond acceptors (Lipinski definition) is 5. The maximum atomic E-state index is 11.0. The van der Waals surface area contributed by atoms with Crippen LogP contribution in [0.25, 0.3) is 21.5 Å². The van der Waals surface area contributed by atoms with Crippen molar-refractivity contribution in [2.75, 3.05) is 0 Å². The molecule has 3 aromatic rings. The van der Waals surface area contributed by atoms with E-state index in [1.54, 1.807) is 17.4 Å². The first kappa shape index (κ1) is 11.0. The van der Waals surface area contributed by atoms with Crippen LogP contribution in [0.2, 0.25) is 0 Å². The van der Waals surface area contributed by atoms with Gasteiger partial charge in [0.05, 0.1) is 10.3 Å². The fraction of sp³-hybridized carbons (Fsp3) is 0.0769. The molecule has 0 radical (unpaired) electrons. The third kappa shape index (κ3) is 1.78. The highest BCUT2D eigenvalue weighted by atomic mass is 32.1. The maximum absolute atomic E-state index is 11.0. The zero-order valence-corrected chi connectivity index (χ0v) is 10.4. The van der Waals surface area contributed by atoms with E-state index in [0.717, 1.165) is 16.0 Å². The van der Waals surface area contributed by atoms with Crippen LogP contribution >= 0.6 is 11.3 Å². The summed E-state index contributed by atoms with van der Waals surface area (Å²) < 4.78 is 10.4. The van der Waals surface area contributed by atoms with Crippen molar-refractivity contribution < 1.29 is 14.1 Å². The molecule has 3 rings (SSSR count). The molecule has 0 spiro atoms. The van der Waals surface area contributed by atoms with Crippen molar-refractivity contribution >= 4 is 28.3 Å². The average molecular weight is 259 g/mol. The van der Waals surface area contributed by atoms with Crippen molar-refractivity contribution in [3.63, 3.8) is 0 Å². The Kier molecular flexibility index (Phi) is 2.60. The van der Waals surface area contributed by atoms with Crippen molar-refractivity contribution in [1.82, 2.24) is 5.16 Å². The Bertz CT molecular complexity index is 700. The van der Waals surface area contributed by atoms with Gasteiger partial charge in [-0.1, -0.05) is 17.3 Å². The molecule has 0 aliphatic heterocycles. The molecule has 2 heterocycles. The number of rotatable bonds is 2. The molecule has 0 saturated heterocycles. The van der Waals surface area contributed by atoms with Crippen molar-refractivity contribution in [2.24, 2.45) is 0 Å². The van der Waals surface area contributed by atoms with Gasteiger partial charge in [0.25, 0.3) is 0 Å². The van der Waals surface area contributed by atoms with E-state index in [1.165, 1.54) is 6.92 Å². The molecule has 2 aromatic heterocycles. The smallest absolute Gasteiger partial charge is 0.308 e. The number of thiophene rings is 1. The largest absolute Gasteiger partial charge is 0.423 e. The predicted octanol–water partition coefficient (Wildman–Crippen LogP) is 3.48. The Labute approximate surface area is 107 Å². The molecule has 0 N–H and O–H groups in total. The van der Waals surface area contributed by atoms with Gasteiger partial charge in [-0.2, -0.15) is 0 Å². The fourth-order valence-corrected chi connectivity index (χ4v) is 2.48. The zero-order chi connectivity index (χ0) is 12.5. The molecule has 18 heavy (non-hydrogen) atoms. The molecule has 90 valence electrons. The van der Waals surface area contributed by atoms with E-state index in [0.29, 0.717) is 11.3 Å². The van der Waals surface area contributed by atoms with Crippen LogP contribution in [-0.4, -0.2) is 11.1 Å². The van der Waals surface area contributed by atoms with E-state index in [1.807, 2.05) is 29.6 Å². The van der Waals surface area contributed by atoms with E-state index < -0.39 is 0 Å². The van der Waals surface area contributed by atoms with Crippen LogP contribution in [0.15, 0.2) is 40.2 Å². The highest BCUT2D eigenvalue weighted by molar-refractivity contribution is 7.13. The van der Waals surface area contributed by atoms with Gasteiger partial charge in [-0.25, -0.2) is 0 Å². The first-order chi connectivity index (χ1) is 8.75. The molecular weight excluding hydrogens is 250 g/mol. The van der Waals surface area contributed by atoms with Gasteiger partial charge in [0.15, 0.2) is 5.75 Å². The van der Waals surface area contributed by atoms with Crippen LogP contribution in [-0.2, 0) is 4.79 Å². The van der Waals surface area contributed by atoms with Crippen LogP contribution in [0.5, 0.6) is 5.75 Å². The lowest BCUT2D eigenvalue weighted by Crippen LogP contribution is -2.01. The lowest BCUT2D eigenvalue weighted by Gasteiger charge is -2.00. The molecule has 5 heteroatoms. The molecule has 0 unspecified atom stereocenters. The lowest BCUT2D eigenvalue weighted by molar-refractivity contribution is -0.131. The molecule has 0 bridgehead atoms. The monoisotopic (exact) mass is 259 g/mol. The van der Waals surface area contributed by atoms with E-state index in [-0.39, 0.29) is 5.97 Å². The van der Waals surface area contributed by atoms with Gasteiger partial charge in [0.2, 0.25) is 5.58 Å². The SMILES string of the molecule is CC(=O)Oc1cccc2c(-c3cccs3)noc12. The Hall–Kier alpha value is -2.14. The van der Waals surface area contributed by atoms with Crippen LogP contribution in [0.4, 0.5) is 0 Å². The number of ether oxygens (including phenoxy) is 1. The molecule has 1 aromatic carbocycles. The third-order valence-electron chi connectivity index (χ3n) is 2.47. The molecule has 0 atom stereocenters. The third-order valence-corrected chi connectivity index (χ3v) is 3.35. The average Bonchev–Trinajstić information content (AvgIpc) is 2.96. The van der Waals surface area contributed by atoms with Gasteiger partial charge in [0.1, 0.15) is 5.69 Å². The van der Waals surface area contributed by atoms with Gasteiger partial charge >= 0.3 is 5.97 Å². The number of hydrogen-bond donors (Lipinski definition) is 0. The highest BCUT2D eigenvalue weighted by Gasteiger charge is 2.15. The Morgan fingerprint density at radius 2 is 2.22 bits per heavy atom. The van der Waals surface area contributed by atoms with E-state index in [9.17, 15) is 4.79 Å². The van der Waals surface area contributed by atoms with E-state index >= 15 is 0 Å². The van der Waals surface area contributed by atoms with Gasteiger partial charge in [-0.3, -0.25) is 4.79 Å². The summed E-state index contributed by atoms with van der Waals surface area (Å²) in [5, 5.41) is 6.87. The topological polar surface area (TPSA) is 52.3 Å². The molecule has 0 aliphatic rings. The van der Waals surface area contributed by atoms with Crippen LogP contribution < -0.4 is 4.74 Å². The van der Waals surface area contributed by atoms with E-state index in [2.05, 4.69) is 5.16 Å². The normalized spacial score (nSPS) is 10.7. The van der Waals surface area contributed by atoms with Crippen molar-refractivity contribution in [3.8, 4) is 16.3 Å². The molecule has 0 saturated carbocycles. The number of nitrogens with zero attached hydrogens (tertiary/aromatic N) is 1. The predicted molar refractivity (Wildman–Crippen MR) is 68.6 cm³/mol. The second-order valence-corrected chi connectivity index (χ2v) is 4.68. The van der Waals surface area contributed by atoms with Crippen LogP contribution in [0, 0.1) is 0 Å². The van der Waals surface area contributed by atoms with Gasteiger partial charge in [-0.05, 0) is 23.6 Å². The molecular formula is C13H9NO3S. The van der Waals surface area contributed by atoms with Crippen molar-refractivity contribution in [3.05, 3.63) is 35.7 Å². The number of carbonyl (C=O) groups excluding carboxylic acids is 1. The Morgan fingerprint density at radius 1 is 1.33 bits per heavy atom. The Balaban J connectivity index is 2.18. The molecule has 4 nitrogen and oxygen atoms in total.